The lowest BCUT2D eigenvalue weighted by Crippen LogP contribution is -2.27. The first-order valence-corrected chi connectivity index (χ1v) is 6.95. The number of carbonyl (C=O) groups is 1. The monoisotopic (exact) mass is 256 g/mol. The summed E-state index contributed by atoms with van der Waals surface area (Å²) in [5, 5.41) is 7.47. The predicted molar refractivity (Wildman–Crippen MR) is 66.1 cm³/mol. The van der Waals surface area contributed by atoms with Crippen LogP contribution in [0.25, 0.3) is 0 Å². The van der Waals surface area contributed by atoms with Crippen molar-refractivity contribution in [3.63, 3.8) is 0 Å². The van der Waals surface area contributed by atoms with E-state index in [4.69, 9.17) is 5.14 Å². The summed E-state index contributed by atoms with van der Waals surface area (Å²) in [6.45, 7) is 2.23. The molecular weight excluding hydrogens is 240 g/mol. The van der Waals surface area contributed by atoms with Gasteiger partial charge in [-0.3, -0.25) is 4.79 Å². The number of amides is 1. The molecule has 94 valence electrons. The quantitative estimate of drug-likeness (QED) is 0.747. The number of nitrogens with two attached hydrogens (primary N) is 1. The Hall–Kier alpha value is -1.40. The zero-order valence-corrected chi connectivity index (χ0v) is 10.5. The molecule has 0 saturated carbocycles. The van der Waals surface area contributed by atoms with Crippen LogP contribution in [0, 0.1) is 6.92 Å². The number of nitrogens with one attached hydrogen (secondary N) is 1. The van der Waals surface area contributed by atoms with Crippen LogP contribution in [0.1, 0.15) is 22.3 Å². The lowest BCUT2D eigenvalue weighted by Gasteiger charge is -2.04. The van der Waals surface area contributed by atoms with E-state index < -0.39 is 10.0 Å². The fraction of sp³-hybridized carbons (Fsp3) is 0.364. The Morgan fingerprint density at radius 1 is 1.29 bits per heavy atom. The van der Waals surface area contributed by atoms with Gasteiger partial charge in [-0.1, -0.05) is 17.7 Å². The third-order valence-corrected chi connectivity index (χ3v) is 3.06. The number of sulfonamides is 1. The summed E-state index contributed by atoms with van der Waals surface area (Å²) in [6, 6.07) is 7.15. The molecule has 0 saturated heterocycles. The number of carbonyl (C=O) groups excluding carboxylic acids is 1. The van der Waals surface area contributed by atoms with Crippen molar-refractivity contribution in [1.29, 1.82) is 0 Å². The van der Waals surface area contributed by atoms with E-state index in [0.717, 1.165) is 5.56 Å². The summed E-state index contributed by atoms with van der Waals surface area (Å²) >= 11 is 0. The topological polar surface area (TPSA) is 89.3 Å². The fourth-order valence-corrected chi connectivity index (χ4v) is 1.83. The van der Waals surface area contributed by atoms with Crippen LogP contribution in [0.4, 0.5) is 0 Å². The van der Waals surface area contributed by atoms with Crippen LogP contribution in [0.2, 0.25) is 0 Å². The largest absolute Gasteiger partial charge is 0.352 e. The van der Waals surface area contributed by atoms with E-state index in [1.54, 1.807) is 12.1 Å². The van der Waals surface area contributed by atoms with Gasteiger partial charge in [-0.15, -0.1) is 0 Å². The third kappa shape index (κ3) is 5.46. The minimum atomic E-state index is -3.44. The number of primary sulfonamides is 1. The SMILES string of the molecule is Cc1ccc(C(=O)NCCCS(N)(=O)=O)cc1. The first kappa shape index (κ1) is 13.7. The molecule has 1 amide bonds. The molecule has 3 N–H and O–H groups in total. The number of hydrogen-bond acceptors (Lipinski definition) is 3. The molecule has 0 bridgehead atoms. The van der Waals surface area contributed by atoms with Crippen LogP contribution >= 0.6 is 0 Å². The Kier molecular flexibility index (Phi) is 4.65. The predicted octanol–water partition coefficient (Wildman–Crippen LogP) is 0.403. The van der Waals surface area contributed by atoms with Gasteiger partial charge in [0.2, 0.25) is 10.0 Å². The lowest BCUT2D eigenvalue weighted by molar-refractivity contribution is 0.0953. The molecule has 0 unspecified atom stereocenters. The van der Waals surface area contributed by atoms with Gasteiger partial charge in [0.05, 0.1) is 5.75 Å². The highest BCUT2D eigenvalue weighted by atomic mass is 32.2. The molecule has 1 rings (SSSR count). The maximum absolute atomic E-state index is 11.6. The summed E-state index contributed by atoms with van der Waals surface area (Å²) < 4.78 is 21.3. The van der Waals surface area contributed by atoms with Gasteiger partial charge in [-0.25, -0.2) is 13.6 Å². The van der Waals surface area contributed by atoms with Crippen LogP contribution in [0.5, 0.6) is 0 Å². The molecule has 5 nitrogen and oxygen atoms in total. The Morgan fingerprint density at radius 2 is 1.88 bits per heavy atom. The van der Waals surface area contributed by atoms with E-state index in [0.29, 0.717) is 18.5 Å². The molecule has 0 fully saturated rings. The van der Waals surface area contributed by atoms with Gasteiger partial charge in [-0.2, -0.15) is 0 Å². The molecule has 17 heavy (non-hydrogen) atoms. The van der Waals surface area contributed by atoms with Gasteiger partial charge in [-0.05, 0) is 25.5 Å². The van der Waals surface area contributed by atoms with Crippen LogP contribution in [-0.4, -0.2) is 26.6 Å². The maximum atomic E-state index is 11.6. The summed E-state index contributed by atoms with van der Waals surface area (Å²) in [5.74, 6) is -0.333. The van der Waals surface area contributed by atoms with Crippen molar-refractivity contribution >= 4 is 15.9 Å². The van der Waals surface area contributed by atoms with Gasteiger partial charge in [0.1, 0.15) is 0 Å². The highest BCUT2D eigenvalue weighted by molar-refractivity contribution is 7.89. The molecule has 0 aliphatic carbocycles. The van der Waals surface area contributed by atoms with E-state index in [-0.39, 0.29) is 11.7 Å². The van der Waals surface area contributed by atoms with Gasteiger partial charge in [0, 0.05) is 12.1 Å². The fourth-order valence-electron chi connectivity index (χ4n) is 1.28. The van der Waals surface area contributed by atoms with Gasteiger partial charge < -0.3 is 5.32 Å². The highest BCUT2D eigenvalue weighted by Crippen LogP contribution is 2.02. The third-order valence-electron chi connectivity index (χ3n) is 2.20. The van der Waals surface area contributed by atoms with Crippen molar-refractivity contribution in [2.45, 2.75) is 13.3 Å². The summed E-state index contributed by atoms with van der Waals surface area (Å²) in [4.78, 5) is 11.6. The van der Waals surface area contributed by atoms with E-state index in [1.807, 2.05) is 19.1 Å². The van der Waals surface area contributed by atoms with E-state index >= 15 is 0 Å². The molecule has 0 radical (unpaired) electrons. The Bertz CT molecular complexity index is 480. The Morgan fingerprint density at radius 3 is 2.41 bits per heavy atom. The Labute approximate surface area is 101 Å². The molecule has 0 atom stereocenters. The summed E-state index contributed by atoms with van der Waals surface area (Å²) in [5.41, 5.74) is 1.64. The second-order valence-electron chi connectivity index (χ2n) is 3.84. The molecule has 0 aromatic heterocycles. The van der Waals surface area contributed by atoms with Gasteiger partial charge in [0.15, 0.2) is 0 Å². The average molecular weight is 256 g/mol. The van der Waals surface area contributed by atoms with Crippen molar-refractivity contribution in [2.75, 3.05) is 12.3 Å². The molecule has 6 heteroatoms. The van der Waals surface area contributed by atoms with Crippen LogP contribution in [-0.2, 0) is 10.0 Å². The smallest absolute Gasteiger partial charge is 0.251 e. The molecule has 0 aliphatic rings. The lowest BCUT2D eigenvalue weighted by atomic mass is 10.1. The maximum Gasteiger partial charge on any atom is 0.251 e. The van der Waals surface area contributed by atoms with Crippen molar-refractivity contribution in [2.24, 2.45) is 5.14 Å². The number of aryl methyl sites for hydroxylation is 1. The van der Waals surface area contributed by atoms with E-state index in [9.17, 15) is 13.2 Å². The van der Waals surface area contributed by atoms with Crippen LogP contribution in [0.15, 0.2) is 24.3 Å². The number of benzene rings is 1. The van der Waals surface area contributed by atoms with Crippen molar-refractivity contribution in [3.05, 3.63) is 35.4 Å². The highest BCUT2D eigenvalue weighted by Gasteiger charge is 2.05. The first-order chi connectivity index (χ1) is 7.88. The van der Waals surface area contributed by atoms with Crippen molar-refractivity contribution in [1.82, 2.24) is 5.32 Å². The van der Waals surface area contributed by atoms with Crippen molar-refractivity contribution < 1.29 is 13.2 Å². The second kappa shape index (κ2) is 5.79. The summed E-state index contributed by atoms with van der Waals surface area (Å²) in [6.07, 6.45) is 0.316. The first-order valence-electron chi connectivity index (χ1n) is 5.24. The average Bonchev–Trinajstić information content (AvgIpc) is 2.24. The number of hydrogen-bond donors (Lipinski definition) is 2. The molecule has 0 heterocycles. The summed E-state index contributed by atoms with van der Waals surface area (Å²) in [7, 11) is -3.44. The molecule has 0 spiro atoms. The van der Waals surface area contributed by atoms with Crippen LogP contribution in [0.3, 0.4) is 0 Å². The van der Waals surface area contributed by atoms with Gasteiger partial charge >= 0.3 is 0 Å². The minimum Gasteiger partial charge on any atom is -0.352 e. The molecular formula is C11H16N2O3S. The molecule has 1 aromatic carbocycles. The molecule has 1 aromatic rings. The number of rotatable bonds is 5. The second-order valence-corrected chi connectivity index (χ2v) is 5.58. The standard InChI is InChI=1S/C11H16N2O3S/c1-9-3-5-10(6-4-9)11(14)13-7-2-8-17(12,15)16/h3-6H,2,7-8H2,1H3,(H,13,14)(H2,12,15,16). The van der Waals surface area contributed by atoms with E-state index in [2.05, 4.69) is 5.32 Å². The van der Waals surface area contributed by atoms with Crippen LogP contribution < -0.4 is 10.5 Å². The van der Waals surface area contributed by atoms with Crippen molar-refractivity contribution in [3.8, 4) is 0 Å². The van der Waals surface area contributed by atoms with Gasteiger partial charge in [0.25, 0.3) is 5.91 Å². The minimum absolute atomic E-state index is 0.124. The normalized spacial score (nSPS) is 11.2. The Balaban J connectivity index is 2.38. The molecule has 0 aliphatic heterocycles. The zero-order chi connectivity index (χ0) is 12.9. The van der Waals surface area contributed by atoms with E-state index in [1.165, 1.54) is 0 Å². The zero-order valence-electron chi connectivity index (χ0n) is 9.64.